The average Bonchev–Trinajstić information content (AvgIpc) is 3.11. The van der Waals surface area contributed by atoms with E-state index in [2.05, 4.69) is 26.2 Å². The predicted octanol–water partition coefficient (Wildman–Crippen LogP) is 2.05. The highest BCUT2D eigenvalue weighted by atomic mass is 16.1. The maximum absolute atomic E-state index is 12.6. The summed E-state index contributed by atoms with van der Waals surface area (Å²) in [6.45, 7) is 5.10. The average molecular weight is 322 g/mol. The lowest BCUT2D eigenvalue weighted by Crippen LogP contribution is -2.48. The Labute approximate surface area is 142 Å². The molecule has 0 radical (unpaired) electrons. The molecule has 0 spiro atoms. The molecular formula is C19H22N4O. The first-order valence-corrected chi connectivity index (χ1v) is 8.58. The molecule has 5 heteroatoms. The highest BCUT2D eigenvalue weighted by Gasteiger charge is 2.21. The Bertz CT molecular complexity index is 723. The number of nitrogens with zero attached hydrogens (tertiary/aromatic N) is 3. The van der Waals surface area contributed by atoms with E-state index in [4.69, 9.17) is 0 Å². The van der Waals surface area contributed by atoms with Crippen molar-refractivity contribution < 1.29 is 4.79 Å². The molecule has 24 heavy (non-hydrogen) atoms. The molecule has 0 aliphatic carbocycles. The van der Waals surface area contributed by atoms with Crippen LogP contribution in [0, 0.1) is 0 Å². The molecule has 0 saturated carbocycles. The first kappa shape index (κ1) is 15.1. The Balaban J connectivity index is 1.34. The van der Waals surface area contributed by atoms with Crippen molar-refractivity contribution in [3.8, 4) is 0 Å². The number of ketones is 1. The van der Waals surface area contributed by atoms with E-state index < -0.39 is 0 Å². The molecule has 1 aromatic carbocycles. The normalized spacial score (nSPS) is 17.4. The fourth-order valence-electron chi connectivity index (χ4n) is 3.45. The summed E-state index contributed by atoms with van der Waals surface area (Å²) in [7, 11) is 0. The van der Waals surface area contributed by atoms with Crippen LogP contribution in [0.1, 0.15) is 15.9 Å². The number of rotatable bonds is 4. The van der Waals surface area contributed by atoms with Gasteiger partial charge in [0, 0.05) is 50.2 Å². The summed E-state index contributed by atoms with van der Waals surface area (Å²) < 4.78 is 0. The van der Waals surface area contributed by atoms with Crippen LogP contribution in [-0.4, -0.2) is 54.9 Å². The van der Waals surface area contributed by atoms with Crippen molar-refractivity contribution in [3.05, 3.63) is 53.7 Å². The summed E-state index contributed by atoms with van der Waals surface area (Å²) in [5, 5.41) is 3.33. The zero-order chi connectivity index (χ0) is 16.4. The summed E-state index contributed by atoms with van der Waals surface area (Å²) in [4.78, 5) is 21.5. The summed E-state index contributed by atoms with van der Waals surface area (Å²) in [5.74, 6) is 1.24. The lowest BCUT2D eigenvalue weighted by atomic mass is 10.0. The zero-order valence-electron chi connectivity index (χ0n) is 13.7. The number of carbonyl (C=O) groups is 1. The number of pyridine rings is 1. The molecule has 1 N–H and O–H groups in total. The zero-order valence-corrected chi connectivity index (χ0v) is 13.7. The fourth-order valence-corrected chi connectivity index (χ4v) is 3.45. The van der Waals surface area contributed by atoms with Crippen LogP contribution in [-0.2, 0) is 6.42 Å². The van der Waals surface area contributed by atoms with E-state index in [1.54, 1.807) is 0 Å². The van der Waals surface area contributed by atoms with Crippen molar-refractivity contribution in [2.75, 3.05) is 49.5 Å². The number of aromatic nitrogens is 1. The number of nitrogens with one attached hydrogen (secondary N) is 1. The van der Waals surface area contributed by atoms with Gasteiger partial charge < -0.3 is 10.2 Å². The number of anilines is 2. The number of piperazine rings is 1. The van der Waals surface area contributed by atoms with Gasteiger partial charge >= 0.3 is 0 Å². The summed E-state index contributed by atoms with van der Waals surface area (Å²) in [6, 6.07) is 12.0. The van der Waals surface area contributed by atoms with Gasteiger partial charge in [-0.3, -0.25) is 9.69 Å². The van der Waals surface area contributed by atoms with Gasteiger partial charge in [0.05, 0.1) is 6.54 Å². The fraction of sp³-hybridized carbons (Fsp3) is 0.368. The smallest absolute Gasteiger partial charge is 0.176 e. The molecule has 0 atom stereocenters. The molecule has 124 valence electrons. The number of carbonyl (C=O) groups excluding carboxylic acids is 1. The molecule has 2 aliphatic rings. The second-order valence-corrected chi connectivity index (χ2v) is 6.42. The van der Waals surface area contributed by atoms with Crippen LogP contribution < -0.4 is 10.2 Å². The number of benzene rings is 1. The Morgan fingerprint density at radius 1 is 1.12 bits per heavy atom. The quantitative estimate of drug-likeness (QED) is 0.873. The van der Waals surface area contributed by atoms with Gasteiger partial charge in [0.15, 0.2) is 5.78 Å². The predicted molar refractivity (Wildman–Crippen MR) is 95.9 cm³/mol. The summed E-state index contributed by atoms with van der Waals surface area (Å²) in [5.41, 5.74) is 3.28. The molecule has 1 saturated heterocycles. The van der Waals surface area contributed by atoms with E-state index in [0.29, 0.717) is 6.54 Å². The monoisotopic (exact) mass is 322 g/mol. The van der Waals surface area contributed by atoms with Crippen LogP contribution in [0.4, 0.5) is 11.5 Å². The number of hydrogen-bond donors (Lipinski definition) is 1. The van der Waals surface area contributed by atoms with E-state index in [-0.39, 0.29) is 5.78 Å². The first-order valence-electron chi connectivity index (χ1n) is 8.58. The van der Waals surface area contributed by atoms with Gasteiger partial charge in [0.25, 0.3) is 0 Å². The maximum atomic E-state index is 12.6. The van der Waals surface area contributed by atoms with Crippen molar-refractivity contribution in [2.45, 2.75) is 6.42 Å². The molecule has 0 unspecified atom stereocenters. The number of fused-ring (bicyclic) bond motifs is 1. The molecule has 5 nitrogen and oxygen atoms in total. The van der Waals surface area contributed by atoms with Gasteiger partial charge in [0.2, 0.25) is 0 Å². The molecular weight excluding hydrogens is 300 g/mol. The van der Waals surface area contributed by atoms with Crippen molar-refractivity contribution in [2.24, 2.45) is 0 Å². The minimum absolute atomic E-state index is 0.219. The summed E-state index contributed by atoms with van der Waals surface area (Å²) >= 11 is 0. The van der Waals surface area contributed by atoms with Gasteiger partial charge in [-0.15, -0.1) is 0 Å². The van der Waals surface area contributed by atoms with Crippen LogP contribution >= 0.6 is 0 Å². The Morgan fingerprint density at radius 3 is 2.79 bits per heavy atom. The van der Waals surface area contributed by atoms with E-state index in [1.807, 2.05) is 36.5 Å². The Kier molecular flexibility index (Phi) is 4.17. The van der Waals surface area contributed by atoms with Crippen LogP contribution in [0.5, 0.6) is 0 Å². The van der Waals surface area contributed by atoms with E-state index in [0.717, 1.165) is 50.5 Å². The van der Waals surface area contributed by atoms with Crippen molar-refractivity contribution in [3.63, 3.8) is 0 Å². The van der Waals surface area contributed by atoms with Crippen LogP contribution in [0.2, 0.25) is 0 Å². The van der Waals surface area contributed by atoms with Gasteiger partial charge in [-0.1, -0.05) is 6.07 Å². The minimum Gasteiger partial charge on any atom is -0.384 e. The third-order valence-electron chi connectivity index (χ3n) is 4.85. The van der Waals surface area contributed by atoms with Crippen molar-refractivity contribution in [1.82, 2.24) is 9.88 Å². The molecule has 1 aromatic heterocycles. The maximum Gasteiger partial charge on any atom is 0.176 e. The van der Waals surface area contributed by atoms with Gasteiger partial charge in [-0.2, -0.15) is 0 Å². The lowest BCUT2D eigenvalue weighted by molar-refractivity contribution is 0.0926. The van der Waals surface area contributed by atoms with Crippen LogP contribution in [0.3, 0.4) is 0 Å². The topological polar surface area (TPSA) is 48.5 Å². The van der Waals surface area contributed by atoms with Crippen LogP contribution in [0.25, 0.3) is 0 Å². The minimum atomic E-state index is 0.219. The molecule has 4 rings (SSSR count). The van der Waals surface area contributed by atoms with Gasteiger partial charge in [-0.05, 0) is 42.3 Å². The standard InChI is InChI=1S/C19H22N4O/c24-18(16-4-5-17-15(13-16)6-8-20-17)14-22-9-11-23(12-10-22)19-3-1-2-7-21-19/h1-5,7,13,20H,6,8-12,14H2. The van der Waals surface area contributed by atoms with Crippen LogP contribution in [0.15, 0.2) is 42.6 Å². The van der Waals surface area contributed by atoms with E-state index in [9.17, 15) is 4.79 Å². The molecule has 2 aliphatic heterocycles. The number of Topliss-reactive ketones (excluding diaryl/α,β-unsaturated/α-hetero) is 1. The first-order chi connectivity index (χ1) is 11.8. The third-order valence-corrected chi connectivity index (χ3v) is 4.85. The second-order valence-electron chi connectivity index (χ2n) is 6.42. The third kappa shape index (κ3) is 3.12. The Hall–Kier alpha value is -2.40. The SMILES string of the molecule is O=C(CN1CCN(c2ccccn2)CC1)c1ccc2c(c1)CCN2. The van der Waals surface area contributed by atoms with Crippen molar-refractivity contribution in [1.29, 1.82) is 0 Å². The van der Waals surface area contributed by atoms with Gasteiger partial charge in [-0.25, -0.2) is 4.98 Å². The highest BCUT2D eigenvalue weighted by molar-refractivity contribution is 5.98. The molecule has 3 heterocycles. The molecule has 1 fully saturated rings. The molecule has 2 aromatic rings. The lowest BCUT2D eigenvalue weighted by Gasteiger charge is -2.35. The van der Waals surface area contributed by atoms with E-state index in [1.165, 1.54) is 11.3 Å². The summed E-state index contributed by atoms with van der Waals surface area (Å²) in [6.07, 6.45) is 2.84. The number of hydrogen-bond acceptors (Lipinski definition) is 5. The van der Waals surface area contributed by atoms with Crippen molar-refractivity contribution >= 4 is 17.3 Å². The molecule has 0 bridgehead atoms. The molecule has 0 amide bonds. The van der Waals surface area contributed by atoms with E-state index >= 15 is 0 Å². The second kappa shape index (κ2) is 6.61. The largest absolute Gasteiger partial charge is 0.384 e. The van der Waals surface area contributed by atoms with Gasteiger partial charge in [0.1, 0.15) is 5.82 Å². The highest BCUT2D eigenvalue weighted by Crippen LogP contribution is 2.23. The Morgan fingerprint density at radius 2 is 2.00 bits per heavy atom.